The highest BCUT2D eigenvalue weighted by Crippen LogP contribution is 2.30. The van der Waals surface area contributed by atoms with E-state index in [1.165, 1.54) is 18.2 Å². The predicted molar refractivity (Wildman–Crippen MR) is 89.6 cm³/mol. The van der Waals surface area contributed by atoms with Crippen LogP contribution < -0.4 is 9.47 Å². The Bertz CT molecular complexity index is 822. The van der Waals surface area contributed by atoms with E-state index in [9.17, 15) is 9.18 Å². The van der Waals surface area contributed by atoms with E-state index in [-0.39, 0.29) is 18.0 Å². The SMILES string of the molecule is CCOc1cc(C=C(C#N)C(=O)O)ccc1OCc1ccc(F)cc1. The third-order valence-electron chi connectivity index (χ3n) is 3.24. The number of halogens is 1. The second-order valence-corrected chi connectivity index (χ2v) is 5.03. The lowest BCUT2D eigenvalue weighted by Crippen LogP contribution is -2.01. The lowest BCUT2D eigenvalue weighted by molar-refractivity contribution is -0.132. The van der Waals surface area contributed by atoms with E-state index in [0.29, 0.717) is 23.7 Å². The summed E-state index contributed by atoms with van der Waals surface area (Å²) < 4.78 is 24.1. The van der Waals surface area contributed by atoms with Crippen LogP contribution in [0.5, 0.6) is 11.5 Å². The second-order valence-electron chi connectivity index (χ2n) is 5.03. The van der Waals surface area contributed by atoms with Crippen molar-refractivity contribution in [2.75, 3.05) is 6.61 Å². The largest absolute Gasteiger partial charge is 0.490 e. The van der Waals surface area contributed by atoms with Crippen molar-refractivity contribution in [2.45, 2.75) is 13.5 Å². The van der Waals surface area contributed by atoms with E-state index < -0.39 is 5.97 Å². The average Bonchev–Trinajstić information content (AvgIpc) is 2.60. The van der Waals surface area contributed by atoms with E-state index in [1.54, 1.807) is 36.4 Å². The number of aliphatic carboxylic acids is 1. The number of rotatable bonds is 7. The van der Waals surface area contributed by atoms with Crippen molar-refractivity contribution in [1.82, 2.24) is 0 Å². The number of ether oxygens (including phenoxy) is 2. The minimum atomic E-state index is -1.29. The Labute approximate surface area is 144 Å². The van der Waals surface area contributed by atoms with Gasteiger partial charge in [0.2, 0.25) is 0 Å². The average molecular weight is 341 g/mol. The Morgan fingerprint density at radius 3 is 2.52 bits per heavy atom. The number of carboxylic acids is 1. The van der Waals surface area contributed by atoms with Gasteiger partial charge in [-0.3, -0.25) is 0 Å². The van der Waals surface area contributed by atoms with Gasteiger partial charge in [-0.2, -0.15) is 5.26 Å². The zero-order valence-electron chi connectivity index (χ0n) is 13.5. The molecule has 0 aliphatic carbocycles. The fraction of sp³-hybridized carbons (Fsp3) is 0.158. The zero-order valence-corrected chi connectivity index (χ0v) is 13.5. The van der Waals surface area contributed by atoms with E-state index in [1.807, 2.05) is 6.92 Å². The van der Waals surface area contributed by atoms with Crippen molar-refractivity contribution in [3.63, 3.8) is 0 Å². The second kappa shape index (κ2) is 8.50. The van der Waals surface area contributed by atoms with Crippen molar-refractivity contribution in [3.8, 4) is 17.6 Å². The van der Waals surface area contributed by atoms with Gasteiger partial charge in [0.05, 0.1) is 6.61 Å². The number of hydrogen-bond acceptors (Lipinski definition) is 4. The standard InChI is InChI=1S/C19H16FNO4/c1-2-24-18-10-14(9-15(11-21)19(22)23)5-8-17(18)25-12-13-3-6-16(20)7-4-13/h3-10H,2,12H2,1H3,(H,22,23). The van der Waals surface area contributed by atoms with Gasteiger partial charge in [0.15, 0.2) is 11.5 Å². The van der Waals surface area contributed by atoms with Crippen molar-refractivity contribution in [3.05, 3.63) is 65.0 Å². The molecule has 6 heteroatoms. The first-order valence-electron chi connectivity index (χ1n) is 7.52. The number of nitriles is 1. The fourth-order valence-electron chi connectivity index (χ4n) is 2.05. The first-order chi connectivity index (χ1) is 12.0. The molecule has 1 N–H and O–H groups in total. The molecule has 0 fully saturated rings. The maximum Gasteiger partial charge on any atom is 0.346 e. The first-order valence-corrected chi connectivity index (χ1v) is 7.52. The molecule has 0 aromatic heterocycles. The summed E-state index contributed by atoms with van der Waals surface area (Å²) in [7, 11) is 0. The van der Waals surface area contributed by atoms with Crippen molar-refractivity contribution in [1.29, 1.82) is 5.26 Å². The molecule has 0 unspecified atom stereocenters. The van der Waals surface area contributed by atoms with Crippen LogP contribution in [0.4, 0.5) is 4.39 Å². The van der Waals surface area contributed by atoms with Crippen LogP contribution in [0.25, 0.3) is 6.08 Å². The lowest BCUT2D eigenvalue weighted by Gasteiger charge is -2.13. The molecular formula is C19H16FNO4. The molecule has 0 spiro atoms. The number of hydrogen-bond donors (Lipinski definition) is 1. The molecule has 0 aliphatic rings. The number of carbonyl (C=O) groups is 1. The molecule has 0 saturated carbocycles. The summed E-state index contributed by atoms with van der Waals surface area (Å²) in [6.45, 7) is 2.43. The molecular weight excluding hydrogens is 325 g/mol. The highest BCUT2D eigenvalue weighted by atomic mass is 19.1. The fourth-order valence-corrected chi connectivity index (χ4v) is 2.05. The van der Waals surface area contributed by atoms with Crippen molar-refractivity contribution >= 4 is 12.0 Å². The predicted octanol–water partition coefficient (Wildman–Crippen LogP) is 3.79. The molecule has 5 nitrogen and oxygen atoms in total. The van der Waals surface area contributed by atoms with Gasteiger partial charge in [-0.15, -0.1) is 0 Å². The Morgan fingerprint density at radius 2 is 1.92 bits per heavy atom. The van der Waals surface area contributed by atoms with Crippen molar-refractivity contribution in [2.24, 2.45) is 0 Å². The van der Waals surface area contributed by atoms with Crippen LogP contribution in [-0.2, 0) is 11.4 Å². The molecule has 2 aromatic rings. The van der Waals surface area contributed by atoms with Gasteiger partial charge in [-0.25, -0.2) is 9.18 Å². The number of benzene rings is 2. The van der Waals surface area contributed by atoms with E-state index in [2.05, 4.69) is 0 Å². The molecule has 0 saturated heterocycles. The van der Waals surface area contributed by atoms with Crippen LogP contribution in [0.2, 0.25) is 0 Å². The minimum absolute atomic E-state index is 0.230. The van der Waals surface area contributed by atoms with Crippen molar-refractivity contribution < 1.29 is 23.8 Å². The molecule has 128 valence electrons. The number of nitrogens with zero attached hydrogens (tertiary/aromatic N) is 1. The van der Waals surface area contributed by atoms with E-state index in [4.69, 9.17) is 19.8 Å². The monoisotopic (exact) mass is 341 g/mol. The summed E-state index contributed by atoms with van der Waals surface area (Å²) in [5, 5.41) is 17.8. The van der Waals surface area contributed by atoms with Gasteiger partial charge in [-0.05, 0) is 48.4 Å². The Kier molecular flexibility index (Phi) is 6.13. The van der Waals surface area contributed by atoms with Crippen LogP contribution in [0, 0.1) is 17.1 Å². The van der Waals surface area contributed by atoms with Crippen LogP contribution in [0.15, 0.2) is 48.0 Å². The summed E-state index contributed by atoms with van der Waals surface area (Å²) in [6.07, 6.45) is 1.26. The van der Waals surface area contributed by atoms with Gasteiger partial charge in [0, 0.05) is 0 Å². The molecule has 25 heavy (non-hydrogen) atoms. The Balaban J connectivity index is 2.22. The van der Waals surface area contributed by atoms with Gasteiger partial charge < -0.3 is 14.6 Å². The first kappa shape index (κ1) is 18.0. The molecule has 0 radical (unpaired) electrons. The lowest BCUT2D eigenvalue weighted by atomic mass is 10.1. The summed E-state index contributed by atoms with van der Waals surface area (Å²) >= 11 is 0. The molecule has 2 aromatic carbocycles. The Morgan fingerprint density at radius 1 is 1.20 bits per heavy atom. The summed E-state index contributed by atoms with van der Waals surface area (Å²) in [5.74, 6) is -0.711. The summed E-state index contributed by atoms with van der Waals surface area (Å²) in [4.78, 5) is 10.9. The topological polar surface area (TPSA) is 79.5 Å². The van der Waals surface area contributed by atoms with Crippen LogP contribution in [-0.4, -0.2) is 17.7 Å². The highest BCUT2D eigenvalue weighted by molar-refractivity contribution is 5.96. The number of carboxylic acid groups (broad SMARTS) is 1. The third kappa shape index (κ3) is 5.08. The normalized spacial score (nSPS) is 10.8. The van der Waals surface area contributed by atoms with Gasteiger partial charge in [-0.1, -0.05) is 18.2 Å². The maximum atomic E-state index is 12.9. The summed E-state index contributed by atoms with van der Waals surface area (Å²) in [6, 6.07) is 12.4. The smallest absolute Gasteiger partial charge is 0.346 e. The Hall–Kier alpha value is -3.33. The molecule has 0 amide bonds. The highest BCUT2D eigenvalue weighted by Gasteiger charge is 2.10. The molecule has 0 aliphatic heterocycles. The quantitative estimate of drug-likeness (QED) is 0.612. The van der Waals surface area contributed by atoms with Crippen LogP contribution in [0.1, 0.15) is 18.1 Å². The molecule has 2 rings (SSSR count). The zero-order chi connectivity index (χ0) is 18.2. The van der Waals surface area contributed by atoms with Gasteiger partial charge in [0.1, 0.15) is 24.1 Å². The van der Waals surface area contributed by atoms with Gasteiger partial charge in [0.25, 0.3) is 0 Å². The third-order valence-corrected chi connectivity index (χ3v) is 3.24. The van der Waals surface area contributed by atoms with E-state index in [0.717, 1.165) is 5.56 Å². The van der Waals surface area contributed by atoms with Crippen LogP contribution >= 0.6 is 0 Å². The van der Waals surface area contributed by atoms with E-state index >= 15 is 0 Å². The molecule has 0 bridgehead atoms. The molecule has 0 atom stereocenters. The van der Waals surface area contributed by atoms with Crippen LogP contribution in [0.3, 0.4) is 0 Å². The maximum absolute atomic E-state index is 12.9. The van der Waals surface area contributed by atoms with Gasteiger partial charge >= 0.3 is 5.97 Å². The summed E-state index contributed by atoms with van der Waals surface area (Å²) in [5.41, 5.74) is 0.935. The minimum Gasteiger partial charge on any atom is -0.490 e. The molecule has 0 heterocycles.